The van der Waals surface area contributed by atoms with Crippen molar-refractivity contribution < 1.29 is 9.53 Å². The number of rotatable bonds is 2. The molecule has 0 saturated carbocycles. The standard InChI is InChI=1S/C14H7Cl2NO2S/c15-8-3-4-10(11(16)6-8)13-17-12(14(18)19-13)7-9-2-1-5-20-9/h1-7H/b12-7-. The Bertz CT molecular complexity index is 736. The molecule has 0 unspecified atom stereocenters. The minimum Gasteiger partial charge on any atom is -0.402 e. The number of benzene rings is 1. The minimum atomic E-state index is -0.487. The van der Waals surface area contributed by atoms with E-state index in [1.165, 1.54) is 11.3 Å². The van der Waals surface area contributed by atoms with Crippen LogP contribution in [0.5, 0.6) is 0 Å². The summed E-state index contributed by atoms with van der Waals surface area (Å²) >= 11 is 13.4. The van der Waals surface area contributed by atoms with Gasteiger partial charge in [0.15, 0.2) is 5.70 Å². The number of hydrogen-bond donors (Lipinski definition) is 0. The second kappa shape index (κ2) is 5.40. The van der Waals surface area contributed by atoms with E-state index in [0.29, 0.717) is 15.6 Å². The first-order valence-electron chi connectivity index (χ1n) is 5.65. The van der Waals surface area contributed by atoms with Gasteiger partial charge in [-0.2, -0.15) is 0 Å². The largest absolute Gasteiger partial charge is 0.402 e. The molecule has 1 aromatic heterocycles. The van der Waals surface area contributed by atoms with Crippen LogP contribution in [0, 0.1) is 0 Å². The number of halogens is 2. The second-order valence-electron chi connectivity index (χ2n) is 3.98. The van der Waals surface area contributed by atoms with Crippen LogP contribution in [0.25, 0.3) is 6.08 Å². The highest BCUT2D eigenvalue weighted by molar-refractivity contribution is 7.10. The number of hydrogen-bond acceptors (Lipinski definition) is 4. The highest BCUT2D eigenvalue weighted by Gasteiger charge is 2.25. The van der Waals surface area contributed by atoms with Gasteiger partial charge in [0, 0.05) is 9.90 Å². The van der Waals surface area contributed by atoms with Crippen molar-refractivity contribution >= 4 is 52.5 Å². The average molecular weight is 324 g/mol. The molecular weight excluding hydrogens is 317 g/mol. The molecule has 1 aromatic carbocycles. The van der Waals surface area contributed by atoms with E-state index >= 15 is 0 Å². The van der Waals surface area contributed by atoms with E-state index in [4.69, 9.17) is 27.9 Å². The lowest BCUT2D eigenvalue weighted by molar-refractivity contribution is -0.129. The van der Waals surface area contributed by atoms with E-state index in [0.717, 1.165) is 4.88 Å². The molecule has 0 amide bonds. The number of carbonyl (C=O) groups is 1. The van der Waals surface area contributed by atoms with Crippen molar-refractivity contribution in [3.63, 3.8) is 0 Å². The van der Waals surface area contributed by atoms with E-state index in [-0.39, 0.29) is 11.6 Å². The number of aliphatic imine (C=N–C) groups is 1. The molecule has 20 heavy (non-hydrogen) atoms. The topological polar surface area (TPSA) is 38.7 Å². The Labute approximate surface area is 129 Å². The number of esters is 1. The van der Waals surface area contributed by atoms with Gasteiger partial charge in [0.2, 0.25) is 5.90 Å². The molecule has 2 aromatic rings. The van der Waals surface area contributed by atoms with Crippen LogP contribution in [0.2, 0.25) is 10.0 Å². The third kappa shape index (κ3) is 2.63. The summed E-state index contributed by atoms with van der Waals surface area (Å²) in [6.07, 6.45) is 1.68. The van der Waals surface area contributed by atoms with Gasteiger partial charge in [0.05, 0.1) is 10.6 Å². The molecule has 100 valence electrons. The minimum absolute atomic E-state index is 0.194. The zero-order chi connectivity index (χ0) is 14.1. The maximum Gasteiger partial charge on any atom is 0.363 e. The Morgan fingerprint density at radius 2 is 2.10 bits per heavy atom. The first-order chi connectivity index (χ1) is 9.63. The van der Waals surface area contributed by atoms with Crippen LogP contribution >= 0.6 is 34.5 Å². The fourth-order valence-corrected chi connectivity index (χ4v) is 2.84. The van der Waals surface area contributed by atoms with Crippen LogP contribution in [0.3, 0.4) is 0 Å². The van der Waals surface area contributed by atoms with Gasteiger partial charge in [-0.15, -0.1) is 11.3 Å². The van der Waals surface area contributed by atoms with Gasteiger partial charge < -0.3 is 4.74 Å². The molecule has 3 rings (SSSR count). The molecule has 0 fully saturated rings. The maximum atomic E-state index is 11.8. The van der Waals surface area contributed by atoms with Gasteiger partial charge >= 0.3 is 5.97 Å². The van der Waals surface area contributed by atoms with Crippen molar-refractivity contribution in [1.82, 2.24) is 0 Å². The van der Waals surface area contributed by atoms with E-state index in [2.05, 4.69) is 4.99 Å². The van der Waals surface area contributed by atoms with Crippen molar-refractivity contribution in [2.75, 3.05) is 0 Å². The lowest BCUT2D eigenvalue weighted by Gasteiger charge is -2.02. The van der Waals surface area contributed by atoms with E-state index in [9.17, 15) is 4.79 Å². The number of cyclic esters (lactones) is 1. The Kier molecular flexibility index (Phi) is 3.61. The summed E-state index contributed by atoms with van der Waals surface area (Å²) in [5.41, 5.74) is 0.799. The fourth-order valence-electron chi connectivity index (χ4n) is 1.70. The zero-order valence-corrected chi connectivity index (χ0v) is 12.3. The van der Waals surface area contributed by atoms with Crippen LogP contribution in [-0.2, 0) is 9.53 Å². The normalized spacial score (nSPS) is 16.4. The van der Waals surface area contributed by atoms with Crippen molar-refractivity contribution in [2.24, 2.45) is 4.99 Å². The van der Waals surface area contributed by atoms with Gasteiger partial charge in [0.1, 0.15) is 0 Å². The highest BCUT2D eigenvalue weighted by atomic mass is 35.5. The van der Waals surface area contributed by atoms with Gasteiger partial charge in [-0.3, -0.25) is 0 Å². The molecule has 1 aliphatic heterocycles. The number of ether oxygens (including phenoxy) is 1. The first-order valence-corrected chi connectivity index (χ1v) is 7.28. The second-order valence-corrected chi connectivity index (χ2v) is 5.80. The van der Waals surface area contributed by atoms with Crippen LogP contribution in [-0.4, -0.2) is 11.9 Å². The third-order valence-electron chi connectivity index (χ3n) is 2.60. The lowest BCUT2D eigenvalue weighted by atomic mass is 10.2. The highest BCUT2D eigenvalue weighted by Crippen LogP contribution is 2.26. The molecule has 0 N–H and O–H groups in total. The summed E-state index contributed by atoms with van der Waals surface area (Å²) in [4.78, 5) is 16.9. The van der Waals surface area contributed by atoms with Crippen molar-refractivity contribution in [1.29, 1.82) is 0 Å². The summed E-state index contributed by atoms with van der Waals surface area (Å²) in [7, 11) is 0. The van der Waals surface area contributed by atoms with Gasteiger partial charge in [-0.1, -0.05) is 29.3 Å². The maximum absolute atomic E-state index is 11.8. The SMILES string of the molecule is O=C1OC(c2ccc(Cl)cc2Cl)=N/C1=C\c1cccs1. The molecule has 0 spiro atoms. The molecule has 0 aliphatic carbocycles. The summed E-state index contributed by atoms with van der Waals surface area (Å²) in [6, 6.07) is 8.71. The van der Waals surface area contributed by atoms with Crippen LogP contribution in [0.15, 0.2) is 46.4 Å². The quantitative estimate of drug-likeness (QED) is 0.607. The van der Waals surface area contributed by atoms with Crippen molar-refractivity contribution in [3.05, 3.63) is 61.9 Å². The first kappa shape index (κ1) is 13.4. The fraction of sp³-hybridized carbons (Fsp3) is 0. The summed E-state index contributed by atoms with van der Waals surface area (Å²) in [5, 5.41) is 2.83. The molecule has 0 bridgehead atoms. The zero-order valence-electron chi connectivity index (χ0n) is 9.97. The van der Waals surface area contributed by atoms with E-state index in [1.807, 2.05) is 17.5 Å². The molecule has 6 heteroatoms. The van der Waals surface area contributed by atoms with E-state index in [1.54, 1.807) is 24.3 Å². The van der Waals surface area contributed by atoms with Crippen LogP contribution in [0.1, 0.15) is 10.4 Å². The van der Waals surface area contributed by atoms with Crippen LogP contribution < -0.4 is 0 Å². The number of carbonyl (C=O) groups excluding carboxylic acids is 1. The van der Waals surface area contributed by atoms with Gasteiger partial charge in [0.25, 0.3) is 0 Å². The molecule has 0 radical (unpaired) electrons. The average Bonchev–Trinajstić information content (AvgIpc) is 3.01. The Morgan fingerprint density at radius 1 is 1.25 bits per heavy atom. The van der Waals surface area contributed by atoms with E-state index < -0.39 is 5.97 Å². The Balaban J connectivity index is 1.98. The van der Waals surface area contributed by atoms with Gasteiger partial charge in [-0.05, 0) is 35.7 Å². The summed E-state index contributed by atoms with van der Waals surface area (Å²) < 4.78 is 5.15. The summed E-state index contributed by atoms with van der Waals surface area (Å²) in [6.45, 7) is 0. The molecular formula is C14H7Cl2NO2S. The lowest BCUT2D eigenvalue weighted by Crippen LogP contribution is -2.05. The molecule has 0 saturated heterocycles. The number of thiophene rings is 1. The van der Waals surface area contributed by atoms with Crippen molar-refractivity contribution in [3.8, 4) is 0 Å². The predicted molar refractivity (Wildman–Crippen MR) is 81.4 cm³/mol. The Hall–Kier alpha value is -1.62. The monoisotopic (exact) mass is 323 g/mol. The molecule has 1 aliphatic rings. The molecule has 2 heterocycles. The third-order valence-corrected chi connectivity index (χ3v) is 3.97. The van der Waals surface area contributed by atoms with Gasteiger partial charge in [-0.25, -0.2) is 9.79 Å². The summed E-state index contributed by atoms with van der Waals surface area (Å²) in [5.74, 6) is -0.293. The number of nitrogens with zero attached hydrogens (tertiary/aromatic N) is 1. The smallest absolute Gasteiger partial charge is 0.363 e. The molecule has 3 nitrogen and oxygen atoms in total. The Morgan fingerprint density at radius 3 is 2.80 bits per heavy atom. The molecule has 0 atom stereocenters. The van der Waals surface area contributed by atoms with Crippen molar-refractivity contribution in [2.45, 2.75) is 0 Å². The van der Waals surface area contributed by atoms with Crippen LogP contribution in [0.4, 0.5) is 0 Å². The predicted octanol–water partition coefficient (Wildman–Crippen LogP) is 4.40.